The predicted octanol–water partition coefficient (Wildman–Crippen LogP) is 2.22. The molecule has 1 unspecified atom stereocenters. The Morgan fingerprint density at radius 3 is 3.05 bits per heavy atom. The smallest absolute Gasteiger partial charge is 0.0897 e. The highest BCUT2D eigenvalue weighted by molar-refractivity contribution is 7.10. The predicted molar refractivity (Wildman–Crippen MR) is 83.4 cm³/mol. The van der Waals surface area contributed by atoms with Crippen molar-refractivity contribution in [3.05, 3.63) is 38.5 Å². The number of ether oxygens (including phenoxy) is 1. The monoisotopic (exact) mass is 312 g/mol. The number of aryl methyl sites for hydroxylation is 1. The Labute approximate surface area is 127 Å². The molecule has 2 rings (SSSR count). The first-order valence-electron chi connectivity index (χ1n) is 6.64. The first kappa shape index (κ1) is 15.6. The van der Waals surface area contributed by atoms with Crippen molar-refractivity contribution < 1.29 is 9.84 Å². The number of hydrogen-bond acceptors (Lipinski definition) is 6. The van der Waals surface area contributed by atoms with Gasteiger partial charge < -0.3 is 15.2 Å². The van der Waals surface area contributed by atoms with E-state index in [1.165, 1.54) is 4.88 Å². The Bertz CT molecular complexity index is 485. The molecule has 2 heterocycles. The Balaban J connectivity index is 1.50. The summed E-state index contributed by atoms with van der Waals surface area (Å²) in [5.74, 6) is 0. The van der Waals surface area contributed by atoms with Gasteiger partial charge in [0.2, 0.25) is 0 Å². The Morgan fingerprint density at radius 1 is 1.45 bits per heavy atom. The molecule has 0 saturated heterocycles. The zero-order chi connectivity index (χ0) is 14.2. The van der Waals surface area contributed by atoms with Crippen LogP contribution in [0.4, 0.5) is 0 Å². The van der Waals surface area contributed by atoms with E-state index in [1.807, 2.05) is 24.4 Å². The zero-order valence-electron chi connectivity index (χ0n) is 11.5. The molecule has 110 valence electrons. The lowest BCUT2D eigenvalue weighted by atomic mass is 10.3. The van der Waals surface area contributed by atoms with Gasteiger partial charge in [0.1, 0.15) is 0 Å². The van der Waals surface area contributed by atoms with Gasteiger partial charge in [-0.25, -0.2) is 4.98 Å². The van der Waals surface area contributed by atoms with E-state index in [9.17, 15) is 5.11 Å². The number of aliphatic hydroxyl groups is 1. The molecule has 0 spiro atoms. The molecule has 2 N–H and O–H groups in total. The highest BCUT2D eigenvalue weighted by Gasteiger charge is 2.05. The second-order valence-electron chi connectivity index (χ2n) is 4.56. The maximum Gasteiger partial charge on any atom is 0.0897 e. The van der Waals surface area contributed by atoms with Crippen LogP contribution in [-0.4, -0.2) is 35.9 Å². The molecular weight excluding hydrogens is 292 g/mol. The van der Waals surface area contributed by atoms with Crippen LogP contribution in [0.1, 0.15) is 15.6 Å². The zero-order valence-corrected chi connectivity index (χ0v) is 13.2. The van der Waals surface area contributed by atoms with Crippen LogP contribution in [0.25, 0.3) is 0 Å². The molecule has 0 aliphatic carbocycles. The lowest BCUT2D eigenvalue weighted by Crippen LogP contribution is -2.31. The van der Waals surface area contributed by atoms with Crippen molar-refractivity contribution in [2.45, 2.75) is 26.1 Å². The van der Waals surface area contributed by atoms with Gasteiger partial charge in [-0.1, -0.05) is 6.07 Å². The number of nitrogens with zero attached hydrogens (tertiary/aromatic N) is 1. The van der Waals surface area contributed by atoms with E-state index in [0.717, 1.165) is 23.7 Å². The van der Waals surface area contributed by atoms with Crippen molar-refractivity contribution in [2.75, 3.05) is 19.7 Å². The van der Waals surface area contributed by atoms with Gasteiger partial charge >= 0.3 is 0 Å². The molecule has 2 aromatic rings. The van der Waals surface area contributed by atoms with Gasteiger partial charge in [-0.15, -0.1) is 22.7 Å². The molecule has 1 atom stereocenters. The minimum Gasteiger partial charge on any atom is -0.389 e. The summed E-state index contributed by atoms with van der Waals surface area (Å²) in [4.78, 5) is 5.58. The van der Waals surface area contributed by atoms with Gasteiger partial charge in [-0.05, 0) is 18.4 Å². The minimum absolute atomic E-state index is 0.362. The van der Waals surface area contributed by atoms with Crippen LogP contribution in [0.15, 0.2) is 22.9 Å². The van der Waals surface area contributed by atoms with Crippen molar-refractivity contribution >= 4 is 22.7 Å². The van der Waals surface area contributed by atoms with Crippen LogP contribution in [0.3, 0.4) is 0 Å². The van der Waals surface area contributed by atoms with Gasteiger partial charge in [0.25, 0.3) is 0 Å². The summed E-state index contributed by atoms with van der Waals surface area (Å²) >= 11 is 3.34. The van der Waals surface area contributed by atoms with Crippen LogP contribution in [-0.2, 0) is 17.8 Å². The topological polar surface area (TPSA) is 54.4 Å². The molecule has 6 heteroatoms. The third-order valence-electron chi connectivity index (χ3n) is 2.74. The summed E-state index contributed by atoms with van der Waals surface area (Å²) in [6, 6.07) is 4.03. The van der Waals surface area contributed by atoms with Crippen molar-refractivity contribution in [3.63, 3.8) is 0 Å². The van der Waals surface area contributed by atoms with Gasteiger partial charge in [-0.2, -0.15) is 0 Å². The standard InChI is InChI=1S/C14H20N2O2S2/c1-11-16-12(10-20-11)4-5-15-7-13(17)8-18-9-14-3-2-6-19-14/h2-3,6,10,13,15,17H,4-5,7-9H2,1H3. The van der Waals surface area contributed by atoms with E-state index < -0.39 is 6.10 Å². The second-order valence-corrected chi connectivity index (χ2v) is 6.65. The average molecular weight is 312 g/mol. The summed E-state index contributed by atoms with van der Waals surface area (Å²) in [5, 5.41) is 18.2. The number of thiazole rings is 1. The third kappa shape index (κ3) is 5.68. The van der Waals surface area contributed by atoms with Gasteiger partial charge in [-0.3, -0.25) is 0 Å². The molecule has 0 bridgehead atoms. The highest BCUT2D eigenvalue weighted by atomic mass is 32.1. The number of nitrogens with one attached hydrogen (secondary N) is 1. The summed E-state index contributed by atoms with van der Waals surface area (Å²) in [5.41, 5.74) is 1.11. The number of aliphatic hydroxyl groups excluding tert-OH is 1. The van der Waals surface area contributed by atoms with Gasteiger partial charge in [0.15, 0.2) is 0 Å². The molecule has 2 aromatic heterocycles. The number of rotatable bonds is 9. The normalized spacial score (nSPS) is 12.7. The number of thiophene rings is 1. The van der Waals surface area contributed by atoms with E-state index in [4.69, 9.17) is 4.74 Å². The highest BCUT2D eigenvalue weighted by Crippen LogP contribution is 2.09. The first-order chi connectivity index (χ1) is 9.74. The molecule has 20 heavy (non-hydrogen) atoms. The summed E-state index contributed by atoms with van der Waals surface area (Å²) in [7, 11) is 0. The second kappa shape index (κ2) is 8.49. The van der Waals surface area contributed by atoms with E-state index in [2.05, 4.69) is 15.7 Å². The Kier molecular flexibility index (Phi) is 6.62. The Hall–Kier alpha value is -0.790. The van der Waals surface area contributed by atoms with Crippen LogP contribution < -0.4 is 5.32 Å². The van der Waals surface area contributed by atoms with Crippen LogP contribution in [0.2, 0.25) is 0 Å². The molecular formula is C14H20N2O2S2. The summed E-state index contributed by atoms with van der Waals surface area (Å²) in [6.07, 6.45) is 0.430. The quantitative estimate of drug-likeness (QED) is 0.697. The summed E-state index contributed by atoms with van der Waals surface area (Å²) in [6.45, 7) is 4.32. The van der Waals surface area contributed by atoms with Gasteiger partial charge in [0.05, 0.1) is 30.0 Å². The molecule has 0 aromatic carbocycles. The maximum absolute atomic E-state index is 9.78. The van der Waals surface area contributed by atoms with E-state index in [0.29, 0.717) is 19.8 Å². The average Bonchev–Trinajstić information content (AvgIpc) is 3.06. The lowest BCUT2D eigenvalue weighted by Gasteiger charge is -2.11. The Morgan fingerprint density at radius 2 is 2.35 bits per heavy atom. The van der Waals surface area contributed by atoms with E-state index in [-0.39, 0.29) is 0 Å². The van der Waals surface area contributed by atoms with Crippen LogP contribution in [0, 0.1) is 6.92 Å². The third-order valence-corrected chi connectivity index (χ3v) is 4.41. The molecule has 0 radical (unpaired) electrons. The molecule has 0 aliphatic rings. The van der Waals surface area contributed by atoms with Crippen molar-refractivity contribution in [1.29, 1.82) is 0 Å². The summed E-state index contributed by atoms with van der Waals surface area (Å²) < 4.78 is 5.47. The fraction of sp³-hybridized carbons (Fsp3) is 0.500. The van der Waals surface area contributed by atoms with Crippen LogP contribution in [0.5, 0.6) is 0 Å². The molecule has 4 nitrogen and oxygen atoms in total. The largest absolute Gasteiger partial charge is 0.389 e. The molecule has 0 amide bonds. The SMILES string of the molecule is Cc1nc(CCNCC(O)COCc2cccs2)cs1. The fourth-order valence-corrected chi connectivity index (χ4v) is 3.04. The van der Waals surface area contributed by atoms with E-state index >= 15 is 0 Å². The van der Waals surface area contributed by atoms with E-state index in [1.54, 1.807) is 22.7 Å². The van der Waals surface area contributed by atoms with Gasteiger partial charge in [0, 0.05) is 29.8 Å². The van der Waals surface area contributed by atoms with Crippen molar-refractivity contribution in [3.8, 4) is 0 Å². The lowest BCUT2D eigenvalue weighted by molar-refractivity contribution is 0.0300. The molecule has 0 aliphatic heterocycles. The number of aromatic nitrogens is 1. The first-order valence-corrected chi connectivity index (χ1v) is 8.40. The fourth-order valence-electron chi connectivity index (χ4n) is 1.76. The van der Waals surface area contributed by atoms with Crippen LogP contribution >= 0.6 is 22.7 Å². The van der Waals surface area contributed by atoms with Crippen molar-refractivity contribution in [2.24, 2.45) is 0 Å². The molecule has 0 fully saturated rings. The number of hydrogen-bond donors (Lipinski definition) is 2. The maximum atomic E-state index is 9.78. The van der Waals surface area contributed by atoms with Crippen molar-refractivity contribution in [1.82, 2.24) is 10.3 Å². The molecule has 0 saturated carbocycles. The minimum atomic E-state index is -0.466.